The third-order valence-corrected chi connectivity index (χ3v) is 3.71. The third-order valence-electron chi connectivity index (χ3n) is 3.71. The Kier molecular flexibility index (Phi) is 7.58. The summed E-state index contributed by atoms with van der Waals surface area (Å²) in [6, 6.07) is 18.3. The lowest BCUT2D eigenvalue weighted by molar-refractivity contribution is -0.117. The van der Waals surface area contributed by atoms with E-state index in [-0.39, 0.29) is 17.5 Å². The highest BCUT2D eigenvalue weighted by Crippen LogP contribution is 2.07. The summed E-state index contributed by atoms with van der Waals surface area (Å²) >= 11 is 0. The minimum atomic E-state index is -0.309. The van der Waals surface area contributed by atoms with E-state index in [4.69, 9.17) is 0 Å². The van der Waals surface area contributed by atoms with E-state index in [2.05, 4.69) is 15.5 Å². The Morgan fingerprint density at radius 1 is 0.962 bits per heavy atom. The molecule has 0 unspecified atom stereocenters. The van der Waals surface area contributed by atoms with Crippen molar-refractivity contribution in [2.45, 2.75) is 6.42 Å². The average Bonchev–Trinajstić information content (AvgIpc) is 2.66. The van der Waals surface area contributed by atoms with Crippen LogP contribution in [0.15, 0.2) is 66.4 Å². The van der Waals surface area contributed by atoms with Crippen molar-refractivity contribution in [1.82, 2.24) is 15.5 Å². The number of rotatable bonds is 8. The number of carbonyl (C=O) groups excluding carboxylic acids is 2. The fourth-order valence-corrected chi connectivity index (χ4v) is 2.35. The molecule has 136 valence electrons. The monoisotopic (exact) mass is 351 g/mol. The molecule has 5 heteroatoms. The van der Waals surface area contributed by atoms with Crippen LogP contribution in [-0.2, 0) is 4.79 Å². The molecule has 2 amide bonds. The minimum absolute atomic E-state index is 0.231. The number of hydrogen-bond donors (Lipinski definition) is 2. The second-order valence-electron chi connectivity index (χ2n) is 6.20. The predicted molar refractivity (Wildman–Crippen MR) is 105 cm³/mol. The van der Waals surface area contributed by atoms with Gasteiger partial charge in [0.05, 0.1) is 0 Å². The van der Waals surface area contributed by atoms with Gasteiger partial charge in [0.15, 0.2) is 0 Å². The number of hydrogen-bond acceptors (Lipinski definition) is 3. The Bertz CT molecular complexity index is 740. The minimum Gasteiger partial charge on any atom is -0.351 e. The van der Waals surface area contributed by atoms with Crippen molar-refractivity contribution >= 4 is 17.9 Å². The average molecular weight is 351 g/mol. The van der Waals surface area contributed by atoms with Gasteiger partial charge < -0.3 is 15.5 Å². The second-order valence-corrected chi connectivity index (χ2v) is 6.20. The summed E-state index contributed by atoms with van der Waals surface area (Å²) in [6.07, 6.45) is 2.52. The van der Waals surface area contributed by atoms with Crippen LogP contribution < -0.4 is 10.6 Å². The molecule has 5 nitrogen and oxygen atoms in total. The van der Waals surface area contributed by atoms with Gasteiger partial charge in [-0.3, -0.25) is 9.59 Å². The molecule has 2 N–H and O–H groups in total. The van der Waals surface area contributed by atoms with E-state index < -0.39 is 0 Å². The van der Waals surface area contributed by atoms with Gasteiger partial charge in [-0.15, -0.1) is 0 Å². The Labute approximate surface area is 154 Å². The number of carbonyl (C=O) groups is 2. The molecule has 0 atom stereocenters. The van der Waals surface area contributed by atoms with Crippen LogP contribution in [0, 0.1) is 0 Å². The van der Waals surface area contributed by atoms with Gasteiger partial charge in [-0.05, 0) is 50.8 Å². The van der Waals surface area contributed by atoms with E-state index >= 15 is 0 Å². The summed E-state index contributed by atoms with van der Waals surface area (Å²) in [5, 5.41) is 5.60. The lowest BCUT2D eigenvalue weighted by atomic mass is 10.1. The maximum absolute atomic E-state index is 12.6. The molecule has 2 aromatic rings. The predicted octanol–water partition coefficient (Wildman–Crippen LogP) is 2.53. The van der Waals surface area contributed by atoms with Crippen molar-refractivity contribution in [3.63, 3.8) is 0 Å². The van der Waals surface area contributed by atoms with Crippen LogP contribution in [0.3, 0.4) is 0 Å². The zero-order chi connectivity index (χ0) is 18.8. The molecule has 2 rings (SSSR count). The maximum Gasteiger partial charge on any atom is 0.267 e. The van der Waals surface area contributed by atoms with Crippen LogP contribution in [0.2, 0.25) is 0 Å². The number of nitrogens with one attached hydrogen (secondary N) is 2. The summed E-state index contributed by atoms with van der Waals surface area (Å²) in [7, 11) is 3.98. The molecular formula is C21H25N3O2. The van der Waals surface area contributed by atoms with Gasteiger partial charge in [-0.1, -0.05) is 48.5 Å². The van der Waals surface area contributed by atoms with Crippen LogP contribution in [0.5, 0.6) is 0 Å². The van der Waals surface area contributed by atoms with Crippen LogP contribution in [0.4, 0.5) is 0 Å². The molecule has 0 saturated heterocycles. The molecular weight excluding hydrogens is 326 g/mol. The van der Waals surface area contributed by atoms with Crippen LogP contribution in [0.25, 0.3) is 6.08 Å². The lowest BCUT2D eigenvalue weighted by Crippen LogP contribution is -2.36. The topological polar surface area (TPSA) is 61.4 Å². The molecule has 0 aliphatic heterocycles. The highest BCUT2D eigenvalue weighted by molar-refractivity contribution is 6.05. The zero-order valence-electron chi connectivity index (χ0n) is 15.2. The summed E-state index contributed by atoms with van der Waals surface area (Å²) in [6.45, 7) is 1.43. The van der Waals surface area contributed by atoms with E-state index in [1.165, 1.54) is 0 Å². The van der Waals surface area contributed by atoms with Gasteiger partial charge in [0, 0.05) is 12.1 Å². The molecule has 0 heterocycles. The molecule has 0 radical (unpaired) electrons. The molecule has 0 aromatic heterocycles. The summed E-state index contributed by atoms with van der Waals surface area (Å²) < 4.78 is 0. The Morgan fingerprint density at radius 2 is 1.58 bits per heavy atom. The highest BCUT2D eigenvalue weighted by Gasteiger charge is 2.14. The van der Waals surface area contributed by atoms with E-state index in [0.29, 0.717) is 12.1 Å². The van der Waals surface area contributed by atoms with Gasteiger partial charge in [0.1, 0.15) is 5.70 Å². The fraction of sp³-hybridized carbons (Fsp3) is 0.238. The molecule has 0 aliphatic carbocycles. The Hall–Kier alpha value is -2.92. The van der Waals surface area contributed by atoms with Gasteiger partial charge in [-0.25, -0.2) is 0 Å². The third kappa shape index (κ3) is 6.53. The highest BCUT2D eigenvalue weighted by atomic mass is 16.2. The van der Waals surface area contributed by atoms with E-state index in [9.17, 15) is 9.59 Å². The SMILES string of the molecule is CN(C)CCCNC(=O)C(=Cc1ccccc1)NC(=O)c1ccccc1. The molecule has 2 aromatic carbocycles. The summed E-state index contributed by atoms with van der Waals surface area (Å²) in [4.78, 5) is 27.0. The zero-order valence-corrected chi connectivity index (χ0v) is 15.2. The summed E-state index contributed by atoms with van der Waals surface area (Å²) in [5.74, 6) is -0.604. The standard InChI is InChI=1S/C21H25N3O2/c1-24(2)15-9-14-22-21(26)19(16-17-10-5-3-6-11-17)23-20(25)18-12-7-4-8-13-18/h3-8,10-13,16H,9,14-15H2,1-2H3,(H,22,26)(H,23,25). The van der Waals surface area contributed by atoms with Gasteiger partial charge in [-0.2, -0.15) is 0 Å². The van der Waals surface area contributed by atoms with Crippen LogP contribution >= 0.6 is 0 Å². The molecule has 26 heavy (non-hydrogen) atoms. The first-order valence-electron chi connectivity index (χ1n) is 8.62. The first kappa shape index (κ1) is 19.4. The number of benzene rings is 2. The Balaban J connectivity index is 2.10. The van der Waals surface area contributed by atoms with Crippen molar-refractivity contribution in [3.8, 4) is 0 Å². The van der Waals surface area contributed by atoms with Crippen LogP contribution in [-0.4, -0.2) is 43.9 Å². The second kappa shape index (κ2) is 10.2. The van der Waals surface area contributed by atoms with E-state index in [1.54, 1.807) is 30.3 Å². The van der Waals surface area contributed by atoms with Crippen molar-refractivity contribution in [3.05, 3.63) is 77.5 Å². The first-order valence-corrected chi connectivity index (χ1v) is 8.62. The molecule has 0 saturated carbocycles. The molecule has 0 spiro atoms. The summed E-state index contributed by atoms with van der Waals surface area (Å²) in [5.41, 5.74) is 1.58. The van der Waals surface area contributed by atoms with Gasteiger partial charge in [0.2, 0.25) is 0 Å². The number of amides is 2. The van der Waals surface area contributed by atoms with E-state index in [0.717, 1.165) is 18.5 Å². The van der Waals surface area contributed by atoms with Crippen molar-refractivity contribution in [1.29, 1.82) is 0 Å². The van der Waals surface area contributed by atoms with E-state index in [1.807, 2.05) is 50.5 Å². The lowest BCUT2D eigenvalue weighted by Gasteiger charge is -2.13. The van der Waals surface area contributed by atoms with Crippen molar-refractivity contribution in [2.75, 3.05) is 27.2 Å². The normalized spacial score (nSPS) is 11.3. The first-order chi connectivity index (χ1) is 12.6. The smallest absolute Gasteiger partial charge is 0.267 e. The fourth-order valence-electron chi connectivity index (χ4n) is 2.35. The van der Waals surface area contributed by atoms with Crippen LogP contribution in [0.1, 0.15) is 22.3 Å². The Morgan fingerprint density at radius 3 is 2.19 bits per heavy atom. The molecule has 0 fully saturated rings. The van der Waals surface area contributed by atoms with Gasteiger partial charge in [0.25, 0.3) is 11.8 Å². The van der Waals surface area contributed by atoms with Crippen molar-refractivity contribution in [2.24, 2.45) is 0 Å². The maximum atomic E-state index is 12.6. The number of nitrogens with zero attached hydrogens (tertiary/aromatic N) is 1. The quantitative estimate of drug-likeness (QED) is 0.567. The van der Waals surface area contributed by atoms with Gasteiger partial charge >= 0.3 is 0 Å². The molecule has 0 aliphatic rings. The molecule has 0 bridgehead atoms. The largest absolute Gasteiger partial charge is 0.351 e. The van der Waals surface area contributed by atoms with Crippen molar-refractivity contribution < 1.29 is 9.59 Å².